The maximum Gasteiger partial charge on any atom is 0.416 e. The zero-order chi connectivity index (χ0) is 22.4. The molecule has 1 heterocycles. The highest BCUT2D eigenvalue weighted by Gasteiger charge is 2.30. The average molecular weight is 449 g/mol. The van der Waals surface area contributed by atoms with Gasteiger partial charge >= 0.3 is 12.1 Å². The van der Waals surface area contributed by atoms with Crippen LogP contribution in [-0.4, -0.2) is 23.0 Å². The summed E-state index contributed by atoms with van der Waals surface area (Å²) >= 11 is 1.21. The predicted molar refractivity (Wildman–Crippen MR) is 111 cm³/mol. The van der Waals surface area contributed by atoms with E-state index in [1.807, 2.05) is 30.3 Å². The molecule has 0 fully saturated rings. The van der Waals surface area contributed by atoms with Crippen LogP contribution in [0, 0.1) is 0 Å². The van der Waals surface area contributed by atoms with Gasteiger partial charge in [0.1, 0.15) is 0 Å². The Labute approximate surface area is 180 Å². The second-order valence-corrected chi connectivity index (χ2v) is 7.35. The van der Waals surface area contributed by atoms with Crippen molar-refractivity contribution in [3.63, 3.8) is 0 Å². The number of rotatable bonds is 7. The third-order valence-electron chi connectivity index (χ3n) is 4.11. The number of hydrogen-bond donors (Lipinski definition) is 2. The summed E-state index contributed by atoms with van der Waals surface area (Å²) in [5.41, 5.74) is 0.123. The smallest absolute Gasteiger partial charge is 0.416 e. The molecule has 162 valence electrons. The third kappa shape index (κ3) is 6.29. The van der Waals surface area contributed by atoms with Crippen LogP contribution in [0.5, 0.6) is 0 Å². The van der Waals surface area contributed by atoms with Gasteiger partial charge in [-0.05, 0) is 30.7 Å². The molecule has 1 unspecified atom stereocenters. The van der Waals surface area contributed by atoms with E-state index in [1.165, 1.54) is 35.8 Å². The Morgan fingerprint density at radius 1 is 1.13 bits per heavy atom. The van der Waals surface area contributed by atoms with Crippen LogP contribution >= 0.6 is 11.3 Å². The first-order chi connectivity index (χ1) is 14.7. The van der Waals surface area contributed by atoms with E-state index in [1.54, 1.807) is 0 Å². The van der Waals surface area contributed by atoms with E-state index >= 15 is 0 Å². The monoisotopic (exact) mass is 449 g/mol. The van der Waals surface area contributed by atoms with Gasteiger partial charge in [0.15, 0.2) is 16.9 Å². The summed E-state index contributed by atoms with van der Waals surface area (Å²) in [5, 5.41) is 7.40. The van der Waals surface area contributed by atoms with Gasteiger partial charge in [-0.25, -0.2) is 9.78 Å². The van der Waals surface area contributed by atoms with Crippen molar-refractivity contribution >= 4 is 34.0 Å². The molecule has 2 N–H and O–H groups in total. The van der Waals surface area contributed by atoms with E-state index in [9.17, 15) is 22.8 Å². The molecule has 0 aliphatic rings. The number of thiazole rings is 1. The molecule has 0 aliphatic heterocycles. The van der Waals surface area contributed by atoms with Crippen molar-refractivity contribution in [3.05, 3.63) is 76.8 Å². The lowest BCUT2D eigenvalue weighted by molar-refractivity contribution is -0.137. The molecule has 0 radical (unpaired) electrons. The van der Waals surface area contributed by atoms with Crippen LogP contribution in [0.4, 0.5) is 24.0 Å². The van der Waals surface area contributed by atoms with E-state index in [4.69, 9.17) is 4.74 Å². The summed E-state index contributed by atoms with van der Waals surface area (Å²) in [6, 6.07) is 13.8. The topological polar surface area (TPSA) is 80.3 Å². The normalized spacial score (nSPS) is 12.1. The summed E-state index contributed by atoms with van der Waals surface area (Å²) in [6.07, 6.45) is -5.76. The van der Waals surface area contributed by atoms with Crippen molar-refractivity contribution in [2.45, 2.75) is 25.7 Å². The van der Waals surface area contributed by atoms with Crippen LogP contribution in [0.2, 0.25) is 0 Å². The Morgan fingerprint density at radius 3 is 2.58 bits per heavy atom. The molecule has 1 aromatic heterocycles. The Kier molecular flexibility index (Phi) is 6.91. The number of carbonyl (C=O) groups excluding carboxylic acids is 2. The average Bonchev–Trinajstić information content (AvgIpc) is 3.22. The Hall–Kier alpha value is -3.40. The van der Waals surface area contributed by atoms with Gasteiger partial charge < -0.3 is 15.4 Å². The molecule has 0 saturated heterocycles. The highest BCUT2D eigenvalue weighted by molar-refractivity contribution is 7.13. The van der Waals surface area contributed by atoms with E-state index in [0.717, 1.165) is 17.7 Å². The van der Waals surface area contributed by atoms with Gasteiger partial charge in [-0.3, -0.25) is 4.79 Å². The standard InChI is InChI=1S/C21H18F3N3O3S/c1-13(18(28)26-16-9-5-8-15(10-16)21(22,23)24)30-19(29)17-12-31-20(27-17)25-11-14-6-3-2-4-7-14/h2-10,12-13H,11H2,1H3,(H,25,27)(H,26,28). The van der Waals surface area contributed by atoms with E-state index in [2.05, 4.69) is 15.6 Å². The highest BCUT2D eigenvalue weighted by Crippen LogP contribution is 2.30. The molecule has 10 heteroatoms. The second-order valence-electron chi connectivity index (χ2n) is 6.49. The molecule has 0 spiro atoms. The Bertz CT molecular complexity index is 1050. The van der Waals surface area contributed by atoms with Gasteiger partial charge in [0.2, 0.25) is 0 Å². The molecule has 1 atom stereocenters. The number of ether oxygens (including phenoxy) is 1. The molecule has 3 rings (SSSR count). The molecule has 0 aliphatic carbocycles. The maximum absolute atomic E-state index is 12.8. The largest absolute Gasteiger partial charge is 0.448 e. The first-order valence-electron chi connectivity index (χ1n) is 9.15. The fraction of sp³-hybridized carbons (Fsp3) is 0.190. The van der Waals surface area contributed by atoms with Gasteiger partial charge in [0.25, 0.3) is 5.91 Å². The highest BCUT2D eigenvalue weighted by atomic mass is 32.1. The van der Waals surface area contributed by atoms with Crippen molar-refractivity contribution < 1.29 is 27.5 Å². The minimum atomic E-state index is -4.53. The molecule has 1 amide bonds. The summed E-state index contributed by atoms with van der Waals surface area (Å²) < 4.78 is 43.4. The number of benzene rings is 2. The van der Waals surface area contributed by atoms with Crippen LogP contribution in [0.15, 0.2) is 60.0 Å². The Balaban J connectivity index is 1.54. The van der Waals surface area contributed by atoms with Crippen molar-refractivity contribution in [3.8, 4) is 0 Å². The number of aromatic nitrogens is 1. The number of hydrogen-bond acceptors (Lipinski definition) is 6. The number of anilines is 2. The summed E-state index contributed by atoms with van der Waals surface area (Å²) in [5.74, 6) is -1.57. The number of carbonyl (C=O) groups is 2. The molecule has 2 aromatic carbocycles. The van der Waals surface area contributed by atoms with Crippen molar-refractivity contribution in [2.75, 3.05) is 10.6 Å². The van der Waals surface area contributed by atoms with Gasteiger partial charge in [-0.2, -0.15) is 13.2 Å². The Morgan fingerprint density at radius 2 is 1.87 bits per heavy atom. The van der Waals surface area contributed by atoms with Gasteiger partial charge in [0.05, 0.1) is 5.56 Å². The number of esters is 1. The quantitative estimate of drug-likeness (QED) is 0.499. The van der Waals surface area contributed by atoms with Crippen LogP contribution < -0.4 is 10.6 Å². The predicted octanol–water partition coefficient (Wildman–Crippen LogP) is 4.96. The molecular formula is C21H18F3N3O3S. The van der Waals surface area contributed by atoms with Gasteiger partial charge in [0, 0.05) is 17.6 Å². The van der Waals surface area contributed by atoms with Crippen LogP contribution in [-0.2, 0) is 22.3 Å². The zero-order valence-corrected chi connectivity index (χ0v) is 17.1. The van der Waals surface area contributed by atoms with Crippen LogP contribution in [0.25, 0.3) is 0 Å². The lowest BCUT2D eigenvalue weighted by Crippen LogP contribution is -2.30. The summed E-state index contributed by atoms with van der Waals surface area (Å²) in [6.45, 7) is 1.85. The number of amides is 1. The number of halogens is 3. The second kappa shape index (κ2) is 9.61. The van der Waals surface area contributed by atoms with Crippen molar-refractivity contribution in [1.82, 2.24) is 4.98 Å². The van der Waals surface area contributed by atoms with Crippen LogP contribution in [0.1, 0.15) is 28.5 Å². The SMILES string of the molecule is CC(OC(=O)c1csc(NCc2ccccc2)n1)C(=O)Nc1cccc(C(F)(F)F)c1. The van der Waals surface area contributed by atoms with Crippen molar-refractivity contribution in [2.24, 2.45) is 0 Å². The molecule has 3 aromatic rings. The summed E-state index contributed by atoms with van der Waals surface area (Å²) in [4.78, 5) is 28.6. The molecule has 31 heavy (non-hydrogen) atoms. The molecule has 0 saturated carbocycles. The fourth-order valence-corrected chi connectivity index (χ4v) is 3.19. The zero-order valence-electron chi connectivity index (χ0n) is 16.3. The summed E-state index contributed by atoms with van der Waals surface area (Å²) in [7, 11) is 0. The van der Waals surface area contributed by atoms with Crippen LogP contribution in [0.3, 0.4) is 0 Å². The number of alkyl halides is 3. The minimum absolute atomic E-state index is 0.0271. The van der Waals surface area contributed by atoms with E-state index < -0.39 is 29.7 Å². The van der Waals surface area contributed by atoms with Gasteiger partial charge in [-0.1, -0.05) is 36.4 Å². The number of nitrogens with one attached hydrogen (secondary N) is 2. The lowest BCUT2D eigenvalue weighted by Gasteiger charge is -2.14. The molecular weight excluding hydrogens is 431 g/mol. The van der Waals surface area contributed by atoms with Gasteiger partial charge in [-0.15, -0.1) is 11.3 Å². The minimum Gasteiger partial charge on any atom is -0.448 e. The first kappa shape index (κ1) is 22.3. The fourth-order valence-electron chi connectivity index (χ4n) is 2.51. The maximum atomic E-state index is 12.8. The molecule has 0 bridgehead atoms. The number of nitrogens with zero attached hydrogens (tertiary/aromatic N) is 1. The van der Waals surface area contributed by atoms with E-state index in [-0.39, 0.29) is 11.4 Å². The third-order valence-corrected chi connectivity index (χ3v) is 4.91. The first-order valence-corrected chi connectivity index (χ1v) is 10.0. The van der Waals surface area contributed by atoms with E-state index in [0.29, 0.717) is 11.7 Å². The lowest BCUT2D eigenvalue weighted by atomic mass is 10.2. The van der Waals surface area contributed by atoms with Crippen molar-refractivity contribution in [1.29, 1.82) is 0 Å². The molecule has 6 nitrogen and oxygen atoms in total.